The van der Waals surface area contributed by atoms with Gasteiger partial charge in [-0.1, -0.05) is 28.1 Å². The van der Waals surface area contributed by atoms with E-state index in [2.05, 4.69) is 30.9 Å². The van der Waals surface area contributed by atoms with Crippen molar-refractivity contribution in [2.75, 3.05) is 18.4 Å². The summed E-state index contributed by atoms with van der Waals surface area (Å²) >= 11 is 4.61. The molecule has 2 aromatic rings. The number of carbonyl (C=O) groups excluding carboxylic acids is 1. The van der Waals surface area contributed by atoms with Crippen molar-refractivity contribution in [1.29, 1.82) is 0 Å². The van der Waals surface area contributed by atoms with E-state index in [-0.39, 0.29) is 18.0 Å². The van der Waals surface area contributed by atoms with Crippen LogP contribution in [0.4, 0.5) is 5.69 Å². The second kappa shape index (κ2) is 8.83. The zero-order valence-corrected chi connectivity index (χ0v) is 18.1. The summed E-state index contributed by atoms with van der Waals surface area (Å²) in [5.41, 5.74) is 0.750. The fourth-order valence-corrected chi connectivity index (χ4v) is 5.79. The predicted octanol–water partition coefficient (Wildman–Crippen LogP) is 3.28. The van der Waals surface area contributed by atoms with Gasteiger partial charge in [-0.3, -0.25) is 9.69 Å². The molecule has 9 heteroatoms. The Hall–Kier alpha value is -1.26. The molecule has 1 amide bonds. The molecule has 0 spiro atoms. The number of likely N-dealkylation sites (tertiary alicyclic amines) is 1. The number of anilines is 1. The van der Waals surface area contributed by atoms with E-state index in [9.17, 15) is 13.2 Å². The molecule has 6 nitrogen and oxygen atoms in total. The minimum atomic E-state index is -3.45. The van der Waals surface area contributed by atoms with Crippen LogP contribution in [0.15, 0.2) is 50.5 Å². The minimum absolute atomic E-state index is 0.0642. The summed E-state index contributed by atoms with van der Waals surface area (Å²) in [7, 11) is -3.45. The summed E-state index contributed by atoms with van der Waals surface area (Å²) in [4.78, 5) is 14.6. The van der Waals surface area contributed by atoms with Gasteiger partial charge in [0, 0.05) is 29.3 Å². The quantitative estimate of drug-likeness (QED) is 0.677. The monoisotopic (exact) mass is 471 g/mol. The molecule has 2 N–H and O–H groups in total. The van der Waals surface area contributed by atoms with Crippen molar-refractivity contribution >= 4 is 48.9 Å². The Morgan fingerprint density at radius 1 is 1.26 bits per heavy atom. The number of hydrogen-bond donors (Lipinski definition) is 2. The van der Waals surface area contributed by atoms with Gasteiger partial charge in [-0.2, -0.15) is 0 Å². The first kappa shape index (κ1) is 20.5. The maximum absolute atomic E-state index is 12.5. The highest BCUT2D eigenvalue weighted by molar-refractivity contribution is 9.10. The standard InChI is InChI=1S/C18H22BrN3O3S2/c1-13(18(23)20-16-5-2-4-14(19)12-16)22-9-7-15(8-10-22)21-27(24,25)17-6-3-11-26-17/h2-6,11-13,15,21H,7-10H2,1H3,(H,20,23)/t13-/m1/s1. The van der Waals surface area contributed by atoms with Gasteiger partial charge in [0.2, 0.25) is 15.9 Å². The van der Waals surface area contributed by atoms with Gasteiger partial charge in [0.25, 0.3) is 0 Å². The van der Waals surface area contributed by atoms with E-state index in [1.54, 1.807) is 17.5 Å². The van der Waals surface area contributed by atoms with Crippen LogP contribution in [0.3, 0.4) is 0 Å². The number of thiophene rings is 1. The van der Waals surface area contributed by atoms with Crippen molar-refractivity contribution in [3.8, 4) is 0 Å². The second-order valence-electron chi connectivity index (χ2n) is 6.54. The Morgan fingerprint density at radius 3 is 2.63 bits per heavy atom. The Bertz CT molecular complexity index is 879. The minimum Gasteiger partial charge on any atom is -0.325 e. The van der Waals surface area contributed by atoms with Crippen LogP contribution in [-0.4, -0.2) is 44.4 Å². The predicted molar refractivity (Wildman–Crippen MR) is 111 cm³/mol. The number of carbonyl (C=O) groups is 1. The fourth-order valence-electron chi connectivity index (χ4n) is 3.08. The van der Waals surface area contributed by atoms with Gasteiger partial charge >= 0.3 is 0 Å². The average molecular weight is 472 g/mol. The number of halogens is 1. The molecule has 146 valence electrons. The van der Waals surface area contributed by atoms with Crippen molar-refractivity contribution in [1.82, 2.24) is 9.62 Å². The third kappa shape index (κ3) is 5.39. The lowest BCUT2D eigenvalue weighted by atomic mass is 10.0. The summed E-state index contributed by atoms with van der Waals surface area (Å²) in [6.45, 7) is 3.22. The molecule has 0 unspecified atom stereocenters. The molecule has 1 fully saturated rings. The summed E-state index contributed by atoms with van der Waals surface area (Å²) in [5, 5.41) is 4.68. The van der Waals surface area contributed by atoms with Crippen molar-refractivity contribution in [3.05, 3.63) is 46.3 Å². The van der Waals surface area contributed by atoms with Crippen LogP contribution < -0.4 is 10.0 Å². The van der Waals surface area contributed by atoms with Crippen LogP contribution in [0.25, 0.3) is 0 Å². The lowest BCUT2D eigenvalue weighted by molar-refractivity contribution is -0.121. The Morgan fingerprint density at radius 2 is 2.00 bits per heavy atom. The second-order valence-corrected chi connectivity index (χ2v) is 10.3. The van der Waals surface area contributed by atoms with Crippen LogP contribution in [0.1, 0.15) is 19.8 Å². The molecule has 0 bridgehead atoms. The van der Waals surface area contributed by atoms with Crippen LogP contribution in [0.2, 0.25) is 0 Å². The average Bonchev–Trinajstić information content (AvgIpc) is 3.17. The third-order valence-electron chi connectivity index (χ3n) is 4.63. The molecule has 0 radical (unpaired) electrons. The Kier molecular flexibility index (Phi) is 6.69. The molecule has 0 saturated carbocycles. The van der Waals surface area contributed by atoms with Gasteiger partial charge in [-0.05, 0) is 49.4 Å². The Labute approximate surface area is 172 Å². The van der Waals surface area contributed by atoms with Crippen LogP contribution >= 0.6 is 27.3 Å². The zero-order chi connectivity index (χ0) is 19.4. The van der Waals surface area contributed by atoms with E-state index >= 15 is 0 Å². The van der Waals surface area contributed by atoms with E-state index in [1.807, 2.05) is 31.2 Å². The number of hydrogen-bond acceptors (Lipinski definition) is 5. The van der Waals surface area contributed by atoms with Crippen LogP contribution in [0.5, 0.6) is 0 Å². The van der Waals surface area contributed by atoms with Crippen LogP contribution in [0, 0.1) is 0 Å². The number of piperidine rings is 1. The van der Waals surface area contributed by atoms with Crippen molar-refractivity contribution in [3.63, 3.8) is 0 Å². The summed E-state index contributed by atoms with van der Waals surface area (Å²) < 4.78 is 28.7. The van der Waals surface area contributed by atoms with E-state index in [0.717, 1.165) is 10.2 Å². The van der Waals surface area contributed by atoms with Gasteiger partial charge in [0.1, 0.15) is 4.21 Å². The van der Waals surface area contributed by atoms with Crippen LogP contribution in [-0.2, 0) is 14.8 Å². The molecule has 1 aliphatic heterocycles. The van der Waals surface area contributed by atoms with E-state index in [0.29, 0.717) is 30.1 Å². The molecule has 27 heavy (non-hydrogen) atoms. The number of nitrogens with one attached hydrogen (secondary N) is 2. The highest BCUT2D eigenvalue weighted by Gasteiger charge is 2.29. The maximum atomic E-state index is 12.5. The van der Waals surface area contributed by atoms with Gasteiger partial charge in [0.05, 0.1) is 6.04 Å². The van der Waals surface area contributed by atoms with Crippen molar-refractivity contribution in [2.45, 2.75) is 36.1 Å². The molecular weight excluding hydrogens is 450 g/mol. The number of nitrogens with zero attached hydrogens (tertiary/aromatic N) is 1. The molecule has 1 saturated heterocycles. The fraction of sp³-hybridized carbons (Fsp3) is 0.389. The highest BCUT2D eigenvalue weighted by Crippen LogP contribution is 2.20. The first-order valence-corrected chi connectivity index (χ1v) is 11.9. The third-order valence-corrected chi connectivity index (χ3v) is 8.04. The molecule has 0 aliphatic carbocycles. The zero-order valence-electron chi connectivity index (χ0n) is 14.9. The summed E-state index contributed by atoms with van der Waals surface area (Å²) in [6.07, 6.45) is 1.36. The van der Waals surface area contributed by atoms with Gasteiger partial charge < -0.3 is 5.32 Å². The van der Waals surface area contributed by atoms with Gasteiger partial charge in [-0.15, -0.1) is 11.3 Å². The topological polar surface area (TPSA) is 78.5 Å². The van der Waals surface area contributed by atoms with Crippen molar-refractivity contribution in [2.24, 2.45) is 0 Å². The molecule has 1 atom stereocenters. The maximum Gasteiger partial charge on any atom is 0.250 e. The lowest BCUT2D eigenvalue weighted by Crippen LogP contribution is -2.50. The Balaban J connectivity index is 1.51. The smallest absolute Gasteiger partial charge is 0.250 e. The molecule has 2 heterocycles. The van der Waals surface area contributed by atoms with E-state index < -0.39 is 10.0 Å². The van der Waals surface area contributed by atoms with Crippen molar-refractivity contribution < 1.29 is 13.2 Å². The number of amides is 1. The molecule has 1 aliphatic rings. The van der Waals surface area contributed by atoms with Gasteiger partial charge in [-0.25, -0.2) is 13.1 Å². The summed E-state index contributed by atoms with van der Waals surface area (Å²) in [5.74, 6) is -0.0642. The first-order valence-electron chi connectivity index (χ1n) is 8.71. The largest absolute Gasteiger partial charge is 0.325 e. The first-order chi connectivity index (χ1) is 12.8. The molecule has 1 aromatic carbocycles. The number of sulfonamides is 1. The van der Waals surface area contributed by atoms with E-state index in [1.165, 1.54) is 11.3 Å². The molecule has 3 rings (SSSR count). The SMILES string of the molecule is C[C@H](C(=O)Nc1cccc(Br)c1)N1CCC(NS(=O)(=O)c2cccs2)CC1. The lowest BCUT2D eigenvalue weighted by Gasteiger charge is -2.35. The summed E-state index contributed by atoms with van der Waals surface area (Å²) in [6, 6.07) is 10.4. The van der Waals surface area contributed by atoms with Gasteiger partial charge in [0.15, 0.2) is 0 Å². The van der Waals surface area contributed by atoms with E-state index in [4.69, 9.17) is 0 Å². The number of rotatable bonds is 6. The number of benzene rings is 1. The molecule has 1 aromatic heterocycles. The highest BCUT2D eigenvalue weighted by atomic mass is 79.9. The normalized spacial score (nSPS) is 17.6. The molecular formula is C18H22BrN3O3S2.